The van der Waals surface area contributed by atoms with Crippen LogP contribution in [0, 0.1) is 23.7 Å². The molecule has 1 aliphatic heterocycles. The van der Waals surface area contributed by atoms with Crippen LogP contribution in [0.1, 0.15) is 153 Å². The van der Waals surface area contributed by atoms with Crippen molar-refractivity contribution < 1.29 is 67.0 Å². The maximum Gasteiger partial charge on any atom is 0.472 e. The highest BCUT2D eigenvalue weighted by atomic mass is 33.1. The quantitative estimate of drug-likeness (QED) is 0.0130. The van der Waals surface area contributed by atoms with E-state index < -0.39 is 62.5 Å². The third kappa shape index (κ3) is 22.8. The minimum absolute atomic E-state index is 0.0144. The molecule has 1 unspecified atom stereocenters. The molecule has 1 aromatic carbocycles. The van der Waals surface area contributed by atoms with E-state index in [1.165, 1.54) is 25.3 Å². The van der Waals surface area contributed by atoms with Gasteiger partial charge in [-0.05, 0) is 95.5 Å². The Kier molecular flexibility index (Phi) is 27.2. The number of likely N-dealkylation sites (N-methyl/N-ethyl adjacent to an activating group) is 1. The number of hydrogen-bond acceptors (Lipinski definition) is 16. The maximum absolute atomic E-state index is 14.4. The van der Waals surface area contributed by atoms with Gasteiger partial charge < -0.3 is 45.2 Å². The number of piperidine rings is 1. The van der Waals surface area contributed by atoms with Gasteiger partial charge in [0, 0.05) is 80.6 Å². The predicted octanol–water partition coefficient (Wildman–Crippen LogP) is 8.03. The van der Waals surface area contributed by atoms with Crippen LogP contribution in [0.15, 0.2) is 23.6 Å². The lowest BCUT2D eigenvalue weighted by atomic mass is 9.83. The van der Waals surface area contributed by atoms with Gasteiger partial charge in [0.25, 0.3) is 5.91 Å². The number of hydrogen-bond donors (Lipinski definition) is 6. The van der Waals surface area contributed by atoms with E-state index in [0.717, 1.165) is 37.1 Å². The molecule has 0 aliphatic carbocycles. The van der Waals surface area contributed by atoms with Crippen LogP contribution in [0.2, 0.25) is 0 Å². The Morgan fingerprint density at radius 1 is 1.04 bits per heavy atom. The summed E-state index contributed by atoms with van der Waals surface area (Å²) < 4.78 is 27.0. The normalized spacial score (nSPS) is 16.7. The number of likely N-dealkylation sites (tertiary alicyclic amines) is 1. The first-order chi connectivity index (χ1) is 35.1. The van der Waals surface area contributed by atoms with Crippen LogP contribution in [-0.2, 0) is 49.0 Å². The number of ketones is 1. The van der Waals surface area contributed by atoms with E-state index in [2.05, 4.69) is 30.4 Å². The summed E-state index contributed by atoms with van der Waals surface area (Å²) in [6, 6.07) is 3.14. The van der Waals surface area contributed by atoms with Crippen molar-refractivity contribution in [2.24, 2.45) is 23.7 Å². The molecule has 7 atom stereocenters. The van der Waals surface area contributed by atoms with Gasteiger partial charge in [-0.2, -0.15) is 0 Å². The number of carboxylic acid groups (broad SMARTS) is 1. The molecule has 75 heavy (non-hydrogen) atoms. The molecule has 1 fully saturated rings. The number of benzene rings is 1. The maximum atomic E-state index is 14.4. The highest BCUT2D eigenvalue weighted by Gasteiger charge is 2.38. The van der Waals surface area contributed by atoms with Gasteiger partial charge in [-0.15, -0.1) is 11.3 Å². The van der Waals surface area contributed by atoms with E-state index in [9.17, 15) is 53.0 Å². The van der Waals surface area contributed by atoms with Crippen molar-refractivity contribution in [2.75, 3.05) is 45.6 Å². The van der Waals surface area contributed by atoms with Crippen LogP contribution in [0.4, 0.5) is 5.69 Å². The second kappa shape index (κ2) is 31.3. The summed E-state index contributed by atoms with van der Waals surface area (Å²) in [5.74, 6) is -3.81. The van der Waals surface area contributed by atoms with Crippen LogP contribution in [0.3, 0.4) is 0 Å². The summed E-state index contributed by atoms with van der Waals surface area (Å²) in [7, 11) is 3.58. The number of phosphoric ester groups is 1. The largest absolute Gasteiger partial charge is 0.481 e. The first kappa shape index (κ1) is 65.2. The smallest absolute Gasteiger partial charge is 0.472 e. The summed E-state index contributed by atoms with van der Waals surface area (Å²) in [5, 5.41) is 20.1. The molecule has 0 saturated carbocycles. The van der Waals surface area contributed by atoms with Crippen LogP contribution >= 0.6 is 40.7 Å². The summed E-state index contributed by atoms with van der Waals surface area (Å²) in [4.78, 5) is 119. The van der Waals surface area contributed by atoms with Gasteiger partial charge in [0.05, 0.1) is 17.6 Å². The average Bonchev–Trinajstić information content (AvgIpc) is 3.84. The monoisotopic (exact) mass is 1130 g/mol. The topological polar surface area (TPSA) is 280 Å². The third-order valence-corrected chi connectivity index (χ3v) is 18.2. The highest BCUT2D eigenvalue weighted by molar-refractivity contribution is 8.77. The summed E-state index contributed by atoms with van der Waals surface area (Å²) >= 11 is 1.10. The van der Waals surface area contributed by atoms with Crippen molar-refractivity contribution in [1.82, 2.24) is 25.4 Å². The number of amides is 4. The number of Topliss-reactive ketones (excluding diaryl/α,β-unsaturated/α-hetero) is 1. The van der Waals surface area contributed by atoms with Crippen LogP contribution in [-0.4, -0.2) is 134 Å². The Labute approximate surface area is 454 Å². The lowest BCUT2D eigenvalue weighted by Crippen LogP contribution is -2.48. The van der Waals surface area contributed by atoms with Gasteiger partial charge in [-0.1, -0.05) is 75.1 Å². The first-order valence-electron chi connectivity index (χ1n) is 25.6. The second-order valence-corrected chi connectivity index (χ2v) is 25.6. The average molecular weight is 1130 g/mol. The molecule has 1 saturated heterocycles. The van der Waals surface area contributed by atoms with Gasteiger partial charge in [-0.3, -0.25) is 38.5 Å². The third-order valence-electron chi connectivity index (χ3n) is 13.4. The fourth-order valence-corrected chi connectivity index (χ4v) is 12.4. The first-order valence-corrected chi connectivity index (χ1v) is 30.3. The minimum Gasteiger partial charge on any atom is -0.481 e. The lowest BCUT2D eigenvalue weighted by molar-refractivity contribution is -0.149. The number of aromatic nitrogens is 1. The van der Waals surface area contributed by atoms with Gasteiger partial charge in [0.15, 0.2) is 18.7 Å². The van der Waals surface area contributed by atoms with E-state index in [1.807, 2.05) is 48.6 Å². The predicted molar refractivity (Wildman–Crippen MR) is 292 cm³/mol. The van der Waals surface area contributed by atoms with Gasteiger partial charge in [0.1, 0.15) is 16.5 Å². The number of nitrogens with one attached hydrogen (secondary N) is 3. The van der Waals surface area contributed by atoms with Gasteiger partial charge in [0.2, 0.25) is 17.7 Å². The molecule has 4 amide bonds. The van der Waals surface area contributed by atoms with Crippen molar-refractivity contribution in [1.29, 1.82) is 0 Å². The number of carbonyl (C=O) groups is 7. The van der Waals surface area contributed by atoms with Crippen LogP contribution < -0.4 is 20.7 Å². The summed E-state index contributed by atoms with van der Waals surface area (Å²) in [6.07, 6.45) is 4.53. The van der Waals surface area contributed by atoms with E-state index in [-0.39, 0.29) is 95.4 Å². The van der Waals surface area contributed by atoms with Crippen molar-refractivity contribution in [3.05, 3.63) is 39.8 Å². The number of phosphoric acid groups is 1. The zero-order valence-corrected chi connectivity index (χ0v) is 48.7. The number of anilines is 1. The zero-order valence-electron chi connectivity index (χ0n) is 45.4. The Balaban J connectivity index is 1.84. The Bertz CT molecular complexity index is 2280. The molecule has 1 aromatic heterocycles. The van der Waals surface area contributed by atoms with Crippen molar-refractivity contribution >= 4 is 87.8 Å². The molecule has 422 valence electrons. The number of carbonyl (C=O) groups excluding carboxylic acids is 6. The van der Waals surface area contributed by atoms with Crippen LogP contribution in [0.25, 0.3) is 0 Å². The van der Waals surface area contributed by atoms with Crippen molar-refractivity contribution in [3.63, 3.8) is 0 Å². The number of rotatable bonds is 33. The number of carboxylic acids is 1. The Morgan fingerprint density at radius 3 is 2.36 bits per heavy atom. The molecule has 1 aliphatic rings. The molecule has 0 radical (unpaired) electrons. The Hall–Kier alpha value is -4.09. The minimum atomic E-state index is -4.90. The number of thiazole rings is 1. The highest BCUT2D eigenvalue weighted by Crippen LogP contribution is 2.40. The van der Waals surface area contributed by atoms with E-state index in [1.54, 1.807) is 52.7 Å². The van der Waals surface area contributed by atoms with E-state index in [4.69, 9.17) is 9.47 Å². The summed E-state index contributed by atoms with van der Waals surface area (Å²) in [5.41, 5.74) is 0.666. The number of esters is 1. The molecule has 2 aromatic rings. The SMILES string of the molecule is CC[C@H](C)[C@H](CC(=O)[C@H]1CCCCN1C)C(=O)N(C)[C@H](C[C@@H](OC(C)=O)c1nc(C(=O)N[C@@H](Cc2ccc(OCOP(=O)(O)O)c(NC(=O)CCCSSC(C)(C)CCC(=O)NC)c2)CC(C)C(=O)O)cs1)C(C)C. The van der Waals surface area contributed by atoms with Gasteiger partial charge in [-0.25, -0.2) is 14.1 Å². The van der Waals surface area contributed by atoms with Crippen molar-refractivity contribution in [2.45, 2.75) is 161 Å². The van der Waals surface area contributed by atoms with Gasteiger partial charge >= 0.3 is 19.8 Å². The molecule has 6 N–H and O–H groups in total. The molecule has 20 nitrogen and oxygen atoms in total. The second-order valence-electron chi connectivity index (χ2n) is 20.4. The Morgan fingerprint density at radius 2 is 1.75 bits per heavy atom. The molecule has 3 rings (SSSR count). The van der Waals surface area contributed by atoms with Crippen LogP contribution in [0.5, 0.6) is 5.75 Å². The molecular formula is C51H81N6O14PS3. The molecule has 2 heterocycles. The standard InChI is InChI=1S/C51H81N6O14PS3/c1-12-32(4)37(27-42(59)40-16-13-14-22-56(40)10)49(63)57(11)41(31(2)3)28-44(71-34(6)58)48-55-39(29-73-48)47(62)53-36(24-33(5)50(64)65)25-35-18-19-43(69-30-70-72(66,67)68)38(26-35)54-46(61)17-15-23-74-75-51(7,8)21-20-45(60)52-9/h18-19,26,29,31-33,36-37,40-41,44H,12-17,20-25,27-28,30H2,1-11H3,(H,52,60)(H,53,62)(H,54,61)(H,64,65)(H2,66,67,68)/t32-,33?,36+,37-,40+,41+,44+/m0/s1. The molecule has 0 spiro atoms. The summed E-state index contributed by atoms with van der Waals surface area (Å²) in [6.45, 7) is 14.8. The number of ether oxygens (including phenoxy) is 2. The fourth-order valence-electron chi connectivity index (χ4n) is 8.75. The zero-order chi connectivity index (χ0) is 56.2. The van der Waals surface area contributed by atoms with Crippen molar-refractivity contribution in [3.8, 4) is 5.75 Å². The van der Waals surface area contributed by atoms with E-state index in [0.29, 0.717) is 42.0 Å². The number of nitrogens with zero attached hydrogens (tertiary/aromatic N) is 3. The molecule has 0 bridgehead atoms. The molecular weight excluding hydrogens is 1050 g/mol. The lowest BCUT2D eigenvalue weighted by Gasteiger charge is -2.37. The van der Waals surface area contributed by atoms with E-state index >= 15 is 0 Å². The fraction of sp³-hybridized carbons (Fsp3) is 0.686. The molecule has 24 heteroatoms. The number of aliphatic carboxylic acids is 1.